The first-order valence-corrected chi connectivity index (χ1v) is 7.54. The molecule has 0 bridgehead atoms. The highest BCUT2D eigenvalue weighted by Gasteiger charge is 2.42. The van der Waals surface area contributed by atoms with Gasteiger partial charge < -0.3 is 11.1 Å². The van der Waals surface area contributed by atoms with E-state index in [1.165, 1.54) is 9.75 Å². The van der Waals surface area contributed by atoms with E-state index in [0.717, 1.165) is 19.5 Å². The molecule has 0 spiro atoms. The maximum Gasteiger partial charge on any atom is 0.227 e. The first-order chi connectivity index (χ1) is 9.00. The number of thiophene rings is 1. The number of rotatable bonds is 4. The van der Waals surface area contributed by atoms with Crippen molar-refractivity contribution in [3.63, 3.8) is 0 Å². The lowest BCUT2D eigenvalue weighted by Crippen LogP contribution is -2.40. The quantitative estimate of drug-likeness (QED) is 0.879. The molecule has 106 valence electrons. The standard InChI is InChI=1S/C14H23N3OS/c1-10-4-5-12(19-10)11(8-15)17-7-6-14(2,9-17)13(18)16-3/h4-5,11H,6-9,15H2,1-3H3,(H,16,18). The van der Waals surface area contributed by atoms with E-state index in [-0.39, 0.29) is 17.4 Å². The van der Waals surface area contributed by atoms with E-state index in [1.54, 1.807) is 18.4 Å². The Morgan fingerprint density at radius 1 is 1.63 bits per heavy atom. The Balaban J connectivity index is 2.12. The lowest BCUT2D eigenvalue weighted by Gasteiger charge is -2.28. The van der Waals surface area contributed by atoms with E-state index in [9.17, 15) is 4.79 Å². The zero-order valence-electron chi connectivity index (χ0n) is 11.9. The first-order valence-electron chi connectivity index (χ1n) is 6.73. The molecule has 1 aromatic heterocycles. The van der Waals surface area contributed by atoms with Crippen LogP contribution in [-0.4, -0.2) is 37.5 Å². The number of likely N-dealkylation sites (tertiary alicyclic amines) is 1. The lowest BCUT2D eigenvalue weighted by atomic mass is 9.89. The minimum absolute atomic E-state index is 0.133. The molecule has 2 atom stereocenters. The van der Waals surface area contributed by atoms with Gasteiger partial charge in [-0.1, -0.05) is 0 Å². The maximum atomic E-state index is 12.0. The van der Waals surface area contributed by atoms with Crippen molar-refractivity contribution < 1.29 is 4.79 Å². The molecule has 19 heavy (non-hydrogen) atoms. The van der Waals surface area contributed by atoms with E-state index in [4.69, 9.17) is 5.73 Å². The van der Waals surface area contributed by atoms with E-state index in [0.29, 0.717) is 6.54 Å². The fourth-order valence-electron chi connectivity index (χ4n) is 2.83. The van der Waals surface area contributed by atoms with Gasteiger partial charge in [0.2, 0.25) is 5.91 Å². The summed E-state index contributed by atoms with van der Waals surface area (Å²) in [5, 5.41) is 2.77. The summed E-state index contributed by atoms with van der Waals surface area (Å²) in [7, 11) is 1.71. The summed E-state index contributed by atoms with van der Waals surface area (Å²) in [5.41, 5.74) is 5.67. The Kier molecular flexibility index (Phi) is 4.28. The molecule has 5 heteroatoms. The molecule has 0 aliphatic carbocycles. The number of nitrogens with zero attached hydrogens (tertiary/aromatic N) is 1. The van der Waals surface area contributed by atoms with Crippen LogP contribution in [0.2, 0.25) is 0 Å². The summed E-state index contributed by atoms with van der Waals surface area (Å²) in [4.78, 5) is 16.9. The highest BCUT2D eigenvalue weighted by molar-refractivity contribution is 7.12. The van der Waals surface area contributed by atoms with Crippen LogP contribution in [0.25, 0.3) is 0 Å². The molecule has 1 fully saturated rings. The predicted octanol–water partition coefficient (Wildman–Crippen LogP) is 1.51. The van der Waals surface area contributed by atoms with Gasteiger partial charge in [0.1, 0.15) is 0 Å². The van der Waals surface area contributed by atoms with Crippen molar-refractivity contribution in [3.8, 4) is 0 Å². The van der Waals surface area contributed by atoms with Crippen LogP contribution < -0.4 is 11.1 Å². The molecule has 0 saturated carbocycles. The predicted molar refractivity (Wildman–Crippen MR) is 79.2 cm³/mol. The number of nitrogens with one attached hydrogen (secondary N) is 1. The molecule has 0 aromatic carbocycles. The summed E-state index contributed by atoms with van der Waals surface area (Å²) in [6.07, 6.45) is 0.896. The number of amides is 1. The van der Waals surface area contributed by atoms with Crippen molar-refractivity contribution in [2.45, 2.75) is 26.3 Å². The number of aryl methyl sites for hydroxylation is 1. The van der Waals surface area contributed by atoms with Crippen molar-refractivity contribution in [2.24, 2.45) is 11.1 Å². The summed E-state index contributed by atoms with van der Waals surface area (Å²) >= 11 is 1.80. The smallest absolute Gasteiger partial charge is 0.227 e. The van der Waals surface area contributed by atoms with Crippen molar-refractivity contribution >= 4 is 17.2 Å². The second-order valence-corrected chi connectivity index (χ2v) is 6.88. The Hall–Kier alpha value is -0.910. The molecular formula is C14H23N3OS. The van der Waals surface area contributed by atoms with Gasteiger partial charge in [-0.15, -0.1) is 11.3 Å². The molecule has 2 rings (SSSR count). The van der Waals surface area contributed by atoms with Crippen LogP contribution in [0.15, 0.2) is 12.1 Å². The Morgan fingerprint density at radius 3 is 2.89 bits per heavy atom. The van der Waals surface area contributed by atoms with Gasteiger partial charge in [0.15, 0.2) is 0 Å². The average Bonchev–Trinajstić information content (AvgIpc) is 2.98. The number of carbonyl (C=O) groups excluding carboxylic acids is 1. The monoisotopic (exact) mass is 281 g/mol. The largest absolute Gasteiger partial charge is 0.359 e. The normalized spacial score (nSPS) is 25.5. The third kappa shape index (κ3) is 2.83. The van der Waals surface area contributed by atoms with Gasteiger partial charge in [0.25, 0.3) is 0 Å². The van der Waals surface area contributed by atoms with E-state index in [2.05, 4.69) is 29.3 Å². The molecular weight excluding hydrogens is 258 g/mol. The number of hydrogen-bond donors (Lipinski definition) is 2. The van der Waals surface area contributed by atoms with Crippen molar-refractivity contribution in [1.29, 1.82) is 0 Å². The van der Waals surface area contributed by atoms with Gasteiger partial charge in [-0.05, 0) is 38.9 Å². The minimum atomic E-state index is -0.283. The maximum absolute atomic E-state index is 12.0. The Labute approximate surface area is 119 Å². The topological polar surface area (TPSA) is 58.4 Å². The summed E-state index contributed by atoms with van der Waals surface area (Å²) in [5.74, 6) is 0.133. The van der Waals surface area contributed by atoms with Crippen molar-refractivity contribution in [2.75, 3.05) is 26.7 Å². The Bertz CT molecular complexity index is 459. The number of nitrogens with two attached hydrogens (primary N) is 1. The van der Waals surface area contributed by atoms with Crippen LogP contribution in [-0.2, 0) is 4.79 Å². The van der Waals surface area contributed by atoms with Gasteiger partial charge in [0.05, 0.1) is 11.5 Å². The molecule has 1 aliphatic rings. The van der Waals surface area contributed by atoms with Gasteiger partial charge in [-0.2, -0.15) is 0 Å². The van der Waals surface area contributed by atoms with E-state index < -0.39 is 0 Å². The van der Waals surface area contributed by atoms with E-state index in [1.807, 2.05) is 6.92 Å². The van der Waals surface area contributed by atoms with Gasteiger partial charge in [-0.25, -0.2) is 0 Å². The van der Waals surface area contributed by atoms with Crippen LogP contribution in [0, 0.1) is 12.3 Å². The molecule has 1 saturated heterocycles. The third-order valence-electron chi connectivity index (χ3n) is 4.03. The number of hydrogen-bond acceptors (Lipinski definition) is 4. The SMILES string of the molecule is CNC(=O)C1(C)CCN(C(CN)c2ccc(C)s2)C1. The fraction of sp³-hybridized carbons (Fsp3) is 0.643. The van der Waals surface area contributed by atoms with Crippen LogP contribution in [0.3, 0.4) is 0 Å². The molecule has 2 unspecified atom stereocenters. The summed E-state index contributed by atoms with van der Waals surface area (Å²) < 4.78 is 0. The molecule has 0 radical (unpaired) electrons. The van der Waals surface area contributed by atoms with E-state index >= 15 is 0 Å². The molecule has 3 N–H and O–H groups in total. The highest BCUT2D eigenvalue weighted by Crippen LogP contribution is 2.36. The second kappa shape index (κ2) is 5.61. The average molecular weight is 281 g/mol. The highest BCUT2D eigenvalue weighted by atomic mass is 32.1. The molecule has 1 aromatic rings. The summed E-state index contributed by atoms with van der Waals surface area (Å²) in [6.45, 7) is 6.47. The molecule has 2 heterocycles. The zero-order chi connectivity index (χ0) is 14.0. The number of carbonyl (C=O) groups is 1. The fourth-order valence-corrected chi connectivity index (χ4v) is 3.85. The van der Waals surface area contributed by atoms with Gasteiger partial charge >= 0.3 is 0 Å². The van der Waals surface area contributed by atoms with Crippen LogP contribution in [0.1, 0.15) is 29.1 Å². The first kappa shape index (κ1) is 14.5. The van der Waals surface area contributed by atoms with Crippen molar-refractivity contribution in [1.82, 2.24) is 10.2 Å². The minimum Gasteiger partial charge on any atom is -0.359 e. The van der Waals surface area contributed by atoms with Gasteiger partial charge in [0, 0.05) is 29.9 Å². The van der Waals surface area contributed by atoms with Crippen molar-refractivity contribution in [3.05, 3.63) is 21.9 Å². The lowest BCUT2D eigenvalue weighted by molar-refractivity contribution is -0.129. The van der Waals surface area contributed by atoms with Crippen LogP contribution >= 0.6 is 11.3 Å². The van der Waals surface area contributed by atoms with Crippen LogP contribution in [0.4, 0.5) is 0 Å². The zero-order valence-corrected chi connectivity index (χ0v) is 12.7. The van der Waals surface area contributed by atoms with Crippen LogP contribution in [0.5, 0.6) is 0 Å². The second-order valence-electron chi connectivity index (χ2n) is 5.56. The van der Waals surface area contributed by atoms with Gasteiger partial charge in [-0.3, -0.25) is 9.69 Å². The Morgan fingerprint density at radius 2 is 2.37 bits per heavy atom. The summed E-state index contributed by atoms with van der Waals surface area (Å²) in [6, 6.07) is 4.54. The molecule has 1 aliphatic heterocycles. The third-order valence-corrected chi connectivity index (χ3v) is 5.13. The molecule has 4 nitrogen and oxygen atoms in total. The molecule has 1 amide bonds.